The molecule has 152 valence electrons. The van der Waals surface area contributed by atoms with Crippen LogP contribution < -0.4 is 5.73 Å². The van der Waals surface area contributed by atoms with E-state index < -0.39 is 29.8 Å². The summed E-state index contributed by atoms with van der Waals surface area (Å²) in [7, 11) is 0. The Bertz CT molecular complexity index is 792. The number of alkyl halides is 2. The average molecular weight is 394 g/mol. The number of amidine groups is 1. The van der Waals surface area contributed by atoms with Gasteiger partial charge >= 0.3 is 0 Å². The van der Waals surface area contributed by atoms with Gasteiger partial charge in [-0.3, -0.25) is 4.79 Å². The van der Waals surface area contributed by atoms with Crippen molar-refractivity contribution in [2.45, 2.75) is 69.4 Å². The summed E-state index contributed by atoms with van der Waals surface area (Å²) in [6.45, 7) is 0. The molecule has 2 saturated carbocycles. The summed E-state index contributed by atoms with van der Waals surface area (Å²) in [6, 6.07) is 3.68. The highest BCUT2D eigenvalue weighted by atomic mass is 19.3. The van der Waals surface area contributed by atoms with Crippen molar-refractivity contribution in [3.05, 3.63) is 35.1 Å². The number of carbonyl (C=O) groups excluding carboxylic acids is 1. The second kappa shape index (κ2) is 7.41. The maximum absolute atomic E-state index is 14.6. The Morgan fingerprint density at radius 1 is 1.29 bits per heavy atom. The molecular formula is C21H25F3N2O2. The molecule has 0 radical (unpaired) electrons. The number of benzene rings is 1. The number of nitrogens with zero attached hydrogens (tertiary/aromatic N) is 1. The molecule has 0 aromatic heterocycles. The third kappa shape index (κ3) is 3.51. The molecule has 1 aliphatic heterocycles. The number of nitrogens with two attached hydrogens (primary N) is 1. The van der Waals surface area contributed by atoms with Gasteiger partial charge in [-0.05, 0) is 30.0 Å². The first-order valence-corrected chi connectivity index (χ1v) is 10.0. The quantitative estimate of drug-likeness (QED) is 0.790. The maximum Gasteiger partial charge on any atom is 0.283 e. The lowest BCUT2D eigenvalue weighted by Gasteiger charge is -2.33. The number of fused-ring (bicyclic) bond motifs is 1. The van der Waals surface area contributed by atoms with Crippen LogP contribution in [0.25, 0.3) is 0 Å². The minimum atomic E-state index is -2.92. The molecule has 1 heterocycles. The van der Waals surface area contributed by atoms with Crippen LogP contribution in [0.15, 0.2) is 23.2 Å². The van der Waals surface area contributed by atoms with Gasteiger partial charge in [0.05, 0.1) is 0 Å². The number of ketones is 1. The predicted octanol–water partition coefficient (Wildman–Crippen LogP) is 4.10. The molecule has 3 aliphatic rings. The van der Waals surface area contributed by atoms with E-state index in [9.17, 15) is 18.0 Å². The molecule has 0 unspecified atom stereocenters. The molecule has 1 aromatic rings. The molecule has 7 heteroatoms. The Balaban J connectivity index is 1.58. The lowest BCUT2D eigenvalue weighted by molar-refractivity contribution is -0.119. The van der Waals surface area contributed by atoms with Crippen LogP contribution in [0, 0.1) is 17.7 Å². The van der Waals surface area contributed by atoms with E-state index in [1.807, 2.05) is 0 Å². The van der Waals surface area contributed by atoms with Crippen LogP contribution in [0.4, 0.5) is 13.2 Å². The van der Waals surface area contributed by atoms with Crippen molar-refractivity contribution in [2.75, 3.05) is 0 Å². The van der Waals surface area contributed by atoms with E-state index in [1.165, 1.54) is 18.6 Å². The van der Waals surface area contributed by atoms with Gasteiger partial charge in [0.15, 0.2) is 5.54 Å². The summed E-state index contributed by atoms with van der Waals surface area (Å²) < 4.78 is 48.1. The molecule has 4 rings (SSSR count). The lowest BCUT2D eigenvalue weighted by atomic mass is 9.82. The van der Waals surface area contributed by atoms with Gasteiger partial charge in [0.25, 0.3) is 12.4 Å². The summed E-state index contributed by atoms with van der Waals surface area (Å²) in [4.78, 5) is 16.4. The van der Waals surface area contributed by atoms with Gasteiger partial charge in [-0.1, -0.05) is 38.2 Å². The molecule has 0 spiro atoms. The molecule has 2 fully saturated rings. The molecule has 2 N–H and O–H groups in total. The second-order valence-electron chi connectivity index (χ2n) is 8.31. The van der Waals surface area contributed by atoms with Gasteiger partial charge in [0.1, 0.15) is 17.7 Å². The molecule has 1 aromatic carbocycles. The van der Waals surface area contributed by atoms with Crippen molar-refractivity contribution in [1.82, 2.24) is 0 Å². The number of ether oxygens (including phenoxy) is 1. The summed E-state index contributed by atoms with van der Waals surface area (Å²) >= 11 is 0. The van der Waals surface area contributed by atoms with E-state index in [-0.39, 0.29) is 23.8 Å². The van der Waals surface area contributed by atoms with Gasteiger partial charge in [-0.15, -0.1) is 0 Å². The number of carbonyl (C=O) groups is 1. The SMILES string of the molecule is NC1=N[C@@](c2cc(CC(=O)CC3CCCCC3)ccc2F)(C(F)F)[C@H]2C[C@H]2O1. The van der Waals surface area contributed by atoms with Crippen molar-refractivity contribution in [2.24, 2.45) is 22.6 Å². The molecule has 28 heavy (non-hydrogen) atoms. The fourth-order valence-electron chi connectivity index (χ4n) is 4.80. The molecule has 2 aliphatic carbocycles. The predicted molar refractivity (Wildman–Crippen MR) is 98.6 cm³/mol. The van der Waals surface area contributed by atoms with Crippen LogP contribution >= 0.6 is 0 Å². The van der Waals surface area contributed by atoms with E-state index in [4.69, 9.17) is 10.5 Å². The van der Waals surface area contributed by atoms with Crippen LogP contribution in [-0.4, -0.2) is 24.3 Å². The molecule has 0 amide bonds. The van der Waals surface area contributed by atoms with Crippen LogP contribution in [0.3, 0.4) is 0 Å². The van der Waals surface area contributed by atoms with Crippen molar-refractivity contribution < 1.29 is 22.7 Å². The van der Waals surface area contributed by atoms with E-state index in [2.05, 4.69) is 4.99 Å². The summed E-state index contributed by atoms with van der Waals surface area (Å²) in [5.41, 5.74) is 3.90. The van der Waals surface area contributed by atoms with Crippen LogP contribution in [0.5, 0.6) is 0 Å². The molecular weight excluding hydrogens is 369 g/mol. The normalized spacial score (nSPS) is 29.8. The summed E-state index contributed by atoms with van der Waals surface area (Å²) in [5, 5.41) is 0. The summed E-state index contributed by atoms with van der Waals surface area (Å²) in [5.74, 6) is -0.897. The first-order chi connectivity index (χ1) is 13.4. The van der Waals surface area contributed by atoms with E-state index in [0.29, 0.717) is 24.3 Å². The van der Waals surface area contributed by atoms with Crippen LogP contribution in [0.2, 0.25) is 0 Å². The van der Waals surface area contributed by atoms with Gasteiger partial charge in [0, 0.05) is 24.3 Å². The van der Waals surface area contributed by atoms with Crippen molar-refractivity contribution >= 4 is 11.8 Å². The monoisotopic (exact) mass is 394 g/mol. The number of rotatable bonds is 6. The minimum absolute atomic E-state index is 0.0647. The highest BCUT2D eigenvalue weighted by molar-refractivity contribution is 5.81. The third-order valence-electron chi connectivity index (χ3n) is 6.30. The molecule has 0 saturated heterocycles. The van der Waals surface area contributed by atoms with E-state index >= 15 is 0 Å². The molecule has 4 nitrogen and oxygen atoms in total. The Morgan fingerprint density at radius 2 is 2.04 bits per heavy atom. The van der Waals surface area contributed by atoms with Gasteiger partial charge in [-0.25, -0.2) is 18.2 Å². The highest BCUT2D eigenvalue weighted by Crippen LogP contribution is 2.56. The van der Waals surface area contributed by atoms with E-state index in [0.717, 1.165) is 31.7 Å². The molecule has 0 bridgehead atoms. The Hall–Kier alpha value is -2.05. The lowest BCUT2D eigenvalue weighted by Crippen LogP contribution is -2.43. The number of hydrogen-bond donors (Lipinski definition) is 1. The average Bonchev–Trinajstić information content (AvgIpc) is 3.43. The van der Waals surface area contributed by atoms with Gasteiger partial charge < -0.3 is 10.5 Å². The largest absolute Gasteiger partial charge is 0.462 e. The van der Waals surface area contributed by atoms with Gasteiger partial charge in [0.2, 0.25) is 0 Å². The smallest absolute Gasteiger partial charge is 0.283 e. The Morgan fingerprint density at radius 3 is 2.75 bits per heavy atom. The van der Waals surface area contributed by atoms with Crippen molar-refractivity contribution in [3.63, 3.8) is 0 Å². The van der Waals surface area contributed by atoms with Crippen LogP contribution in [0.1, 0.15) is 56.1 Å². The second-order valence-corrected chi connectivity index (χ2v) is 8.31. The van der Waals surface area contributed by atoms with Crippen molar-refractivity contribution in [1.29, 1.82) is 0 Å². The first kappa shape index (κ1) is 19.3. The highest BCUT2D eigenvalue weighted by Gasteiger charge is 2.64. The standard InChI is InChI=1S/C21H25F3N2O2/c22-17-7-6-13(9-14(27)8-12-4-2-1-3-5-12)10-15(17)21(19(23)24)16-11-18(16)28-20(25)26-21/h6-7,10,12,16,18-19H,1-5,8-9,11H2,(H2,25,26)/t16-,18+,21+/m0/s1. The Labute approximate surface area is 162 Å². The zero-order valence-electron chi connectivity index (χ0n) is 15.7. The zero-order valence-corrected chi connectivity index (χ0v) is 15.7. The number of aliphatic imine (C=N–C) groups is 1. The first-order valence-electron chi connectivity index (χ1n) is 10.0. The Kier molecular flexibility index (Phi) is 5.10. The van der Waals surface area contributed by atoms with E-state index in [1.54, 1.807) is 0 Å². The maximum atomic E-state index is 14.6. The topological polar surface area (TPSA) is 64.7 Å². The number of hydrogen-bond acceptors (Lipinski definition) is 4. The number of halogens is 3. The zero-order chi connectivity index (χ0) is 19.9. The minimum Gasteiger partial charge on any atom is -0.462 e. The fourth-order valence-corrected chi connectivity index (χ4v) is 4.80. The van der Waals surface area contributed by atoms with Crippen LogP contribution in [-0.2, 0) is 21.5 Å². The van der Waals surface area contributed by atoms with Crippen molar-refractivity contribution in [3.8, 4) is 0 Å². The molecule has 3 atom stereocenters. The van der Waals surface area contributed by atoms with Gasteiger partial charge in [-0.2, -0.15) is 0 Å². The third-order valence-corrected chi connectivity index (χ3v) is 6.30. The number of Topliss-reactive ketones (excluding diaryl/α,β-unsaturated/α-hetero) is 1. The fraction of sp³-hybridized carbons (Fsp3) is 0.619. The summed E-state index contributed by atoms with van der Waals surface area (Å²) in [6.07, 6.45) is 3.24.